The number of alkyl halides is 1. The van der Waals surface area contributed by atoms with Crippen molar-refractivity contribution in [3.63, 3.8) is 0 Å². The van der Waals surface area contributed by atoms with E-state index in [9.17, 15) is 0 Å². The third-order valence-electron chi connectivity index (χ3n) is 3.03. The van der Waals surface area contributed by atoms with E-state index in [2.05, 4.69) is 32.9 Å². The smallest absolute Gasteiger partial charge is 0.119 e. The molecule has 0 bridgehead atoms. The number of hydrogen-bond acceptors (Lipinski definition) is 1. The summed E-state index contributed by atoms with van der Waals surface area (Å²) < 4.78 is 5.22. The van der Waals surface area contributed by atoms with Gasteiger partial charge in [-0.25, -0.2) is 0 Å². The molecule has 1 aromatic rings. The summed E-state index contributed by atoms with van der Waals surface area (Å²) in [5.74, 6) is 2.10. The van der Waals surface area contributed by atoms with Crippen LogP contribution in [0, 0.1) is 11.3 Å². The van der Waals surface area contributed by atoms with Gasteiger partial charge < -0.3 is 4.74 Å². The number of hydrogen-bond donors (Lipinski definition) is 0. The molecular formula is C14H21ClO. The van der Waals surface area contributed by atoms with Crippen LogP contribution in [-0.4, -0.2) is 13.0 Å². The fourth-order valence-corrected chi connectivity index (χ4v) is 2.25. The number of rotatable bonds is 4. The maximum Gasteiger partial charge on any atom is 0.119 e. The predicted molar refractivity (Wildman–Crippen MR) is 70.4 cm³/mol. The first-order valence-electron chi connectivity index (χ1n) is 5.66. The third-order valence-corrected chi connectivity index (χ3v) is 3.40. The summed E-state index contributed by atoms with van der Waals surface area (Å²) >= 11 is 6.04. The highest BCUT2D eigenvalue weighted by Crippen LogP contribution is 2.30. The van der Waals surface area contributed by atoms with Gasteiger partial charge in [0.2, 0.25) is 0 Å². The van der Waals surface area contributed by atoms with Crippen molar-refractivity contribution < 1.29 is 4.74 Å². The maximum atomic E-state index is 6.04. The zero-order valence-electron chi connectivity index (χ0n) is 10.6. The highest BCUT2D eigenvalue weighted by molar-refractivity contribution is 6.18. The van der Waals surface area contributed by atoms with Crippen LogP contribution in [0.4, 0.5) is 0 Å². The molecule has 0 radical (unpaired) electrons. The van der Waals surface area contributed by atoms with Gasteiger partial charge in [0.25, 0.3) is 0 Å². The van der Waals surface area contributed by atoms with Gasteiger partial charge in [-0.05, 0) is 35.4 Å². The number of ether oxygens (including phenoxy) is 1. The molecule has 0 amide bonds. The average Bonchev–Trinajstić information content (AvgIpc) is 2.24. The highest BCUT2D eigenvalue weighted by atomic mass is 35.5. The summed E-state index contributed by atoms with van der Waals surface area (Å²) in [4.78, 5) is 0. The summed E-state index contributed by atoms with van der Waals surface area (Å²) in [6.07, 6.45) is 1.00. The Morgan fingerprint density at radius 2 is 2.00 bits per heavy atom. The molecule has 90 valence electrons. The number of methoxy groups -OCH3 is 1. The van der Waals surface area contributed by atoms with Gasteiger partial charge in [0, 0.05) is 5.88 Å². The molecule has 0 heterocycles. The Balaban J connectivity index is 2.78. The third kappa shape index (κ3) is 3.71. The molecule has 0 N–H and O–H groups in total. The monoisotopic (exact) mass is 240 g/mol. The Bertz CT molecular complexity index is 328. The van der Waals surface area contributed by atoms with Crippen LogP contribution in [0.3, 0.4) is 0 Å². The van der Waals surface area contributed by atoms with Gasteiger partial charge in [-0.1, -0.05) is 32.9 Å². The van der Waals surface area contributed by atoms with Gasteiger partial charge in [-0.2, -0.15) is 0 Å². The van der Waals surface area contributed by atoms with Gasteiger partial charge in [0.1, 0.15) is 5.75 Å². The molecule has 0 saturated carbocycles. The minimum atomic E-state index is 0.241. The van der Waals surface area contributed by atoms with Crippen molar-refractivity contribution in [2.75, 3.05) is 13.0 Å². The Kier molecular flexibility index (Phi) is 4.67. The summed E-state index contributed by atoms with van der Waals surface area (Å²) in [7, 11) is 1.70. The standard InChI is InChI=1S/C14H21ClO/c1-14(2,3)12(10-15)8-11-6-5-7-13(9-11)16-4/h5-7,9,12H,8,10H2,1-4H3. The van der Waals surface area contributed by atoms with Gasteiger partial charge in [-0.15, -0.1) is 11.6 Å². The van der Waals surface area contributed by atoms with Crippen molar-refractivity contribution in [2.45, 2.75) is 27.2 Å². The lowest BCUT2D eigenvalue weighted by molar-refractivity contribution is 0.263. The second-order valence-corrected chi connectivity index (χ2v) is 5.58. The zero-order chi connectivity index (χ0) is 12.2. The van der Waals surface area contributed by atoms with E-state index < -0.39 is 0 Å². The first kappa shape index (κ1) is 13.4. The lowest BCUT2D eigenvalue weighted by atomic mass is 9.78. The Hall–Kier alpha value is -0.690. The minimum absolute atomic E-state index is 0.241. The van der Waals surface area contributed by atoms with Crippen LogP contribution in [0.25, 0.3) is 0 Å². The summed E-state index contributed by atoms with van der Waals surface area (Å²) in [6.45, 7) is 6.71. The van der Waals surface area contributed by atoms with Crippen LogP contribution >= 0.6 is 11.6 Å². The summed E-state index contributed by atoms with van der Waals surface area (Å²) in [5, 5.41) is 0. The van der Waals surface area contributed by atoms with Crippen molar-refractivity contribution >= 4 is 11.6 Å². The first-order valence-corrected chi connectivity index (χ1v) is 6.19. The molecular weight excluding hydrogens is 220 g/mol. The van der Waals surface area contributed by atoms with E-state index in [1.54, 1.807) is 7.11 Å². The fourth-order valence-electron chi connectivity index (χ4n) is 1.68. The molecule has 1 unspecified atom stereocenters. The SMILES string of the molecule is COc1cccc(CC(CCl)C(C)(C)C)c1. The quantitative estimate of drug-likeness (QED) is 0.719. The maximum absolute atomic E-state index is 6.04. The van der Waals surface area contributed by atoms with Gasteiger partial charge >= 0.3 is 0 Å². The lowest BCUT2D eigenvalue weighted by Crippen LogP contribution is -2.24. The van der Waals surface area contributed by atoms with Gasteiger partial charge in [-0.3, -0.25) is 0 Å². The van der Waals surface area contributed by atoms with Crippen LogP contribution < -0.4 is 4.74 Å². The van der Waals surface area contributed by atoms with E-state index >= 15 is 0 Å². The second-order valence-electron chi connectivity index (χ2n) is 5.27. The zero-order valence-corrected chi connectivity index (χ0v) is 11.3. The molecule has 0 aromatic heterocycles. The average molecular weight is 241 g/mol. The van der Waals surface area contributed by atoms with Crippen LogP contribution in [-0.2, 0) is 6.42 Å². The Morgan fingerprint density at radius 1 is 1.31 bits per heavy atom. The van der Waals surface area contributed by atoms with Gasteiger partial charge in [0.05, 0.1) is 7.11 Å². The molecule has 1 atom stereocenters. The first-order chi connectivity index (χ1) is 7.47. The molecule has 0 saturated heterocycles. The minimum Gasteiger partial charge on any atom is -0.497 e. The van der Waals surface area contributed by atoms with Crippen molar-refractivity contribution in [2.24, 2.45) is 11.3 Å². The molecule has 1 aromatic carbocycles. The largest absolute Gasteiger partial charge is 0.497 e. The van der Waals surface area contributed by atoms with Gasteiger partial charge in [0.15, 0.2) is 0 Å². The Morgan fingerprint density at radius 3 is 2.50 bits per heavy atom. The van der Waals surface area contributed by atoms with Crippen molar-refractivity contribution in [1.29, 1.82) is 0 Å². The second kappa shape index (κ2) is 5.58. The molecule has 0 fully saturated rings. The molecule has 0 aliphatic heterocycles. The molecule has 0 aliphatic carbocycles. The van der Waals surface area contributed by atoms with Crippen LogP contribution in [0.1, 0.15) is 26.3 Å². The van der Waals surface area contributed by atoms with E-state index in [4.69, 9.17) is 16.3 Å². The molecule has 1 rings (SSSR count). The molecule has 0 spiro atoms. The normalized spacial score (nSPS) is 13.6. The molecule has 2 heteroatoms. The fraction of sp³-hybridized carbons (Fsp3) is 0.571. The molecule has 0 aliphatic rings. The number of benzene rings is 1. The van der Waals surface area contributed by atoms with E-state index in [1.165, 1.54) is 5.56 Å². The summed E-state index contributed by atoms with van der Waals surface area (Å²) in [5.41, 5.74) is 1.53. The molecule has 16 heavy (non-hydrogen) atoms. The predicted octanol–water partition coefficient (Wildman–Crippen LogP) is 4.14. The van der Waals surface area contributed by atoms with Crippen LogP contribution in [0.15, 0.2) is 24.3 Å². The van der Waals surface area contributed by atoms with E-state index in [1.807, 2.05) is 12.1 Å². The van der Waals surface area contributed by atoms with Crippen molar-refractivity contribution in [3.05, 3.63) is 29.8 Å². The van der Waals surface area contributed by atoms with Crippen molar-refractivity contribution in [1.82, 2.24) is 0 Å². The van der Waals surface area contributed by atoms with E-state index in [0.29, 0.717) is 11.8 Å². The van der Waals surface area contributed by atoms with E-state index in [0.717, 1.165) is 12.2 Å². The van der Waals surface area contributed by atoms with Crippen LogP contribution in [0.2, 0.25) is 0 Å². The number of halogens is 1. The topological polar surface area (TPSA) is 9.23 Å². The Labute approximate surface area is 104 Å². The van der Waals surface area contributed by atoms with Crippen molar-refractivity contribution in [3.8, 4) is 5.75 Å². The van der Waals surface area contributed by atoms with Crippen LogP contribution in [0.5, 0.6) is 5.75 Å². The summed E-state index contributed by atoms with van der Waals surface area (Å²) in [6, 6.07) is 8.22. The highest BCUT2D eigenvalue weighted by Gasteiger charge is 2.23. The lowest BCUT2D eigenvalue weighted by Gasteiger charge is -2.29. The molecule has 1 nitrogen and oxygen atoms in total. The van der Waals surface area contributed by atoms with E-state index in [-0.39, 0.29) is 5.41 Å².